The van der Waals surface area contributed by atoms with Crippen LogP contribution in [0.4, 0.5) is 0 Å². The molecule has 0 saturated carbocycles. The highest BCUT2D eigenvalue weighted by atomic mass is 16.4. The molecule has 0 bridgehead atoms. The molecule has 46 valence electrons. The first-order chi connectivity index (χ1) is 4.27. The molecule has 0 aliphatic heterocycles. The Morgan fingerprint density at radius 1 is 2.00 bits per heavy atom. The van der Waals surface area contributed by atoms with E-state index in [4.69, 9.17) is 6.48 Å². The van der Waals surface area contributed by atoms with Gasteiger partial charge in [0.2, 0.25) is 0 Å². The van der Waals surface area contributed by atoms with Gasteiger partial charge in [-0.05, 0) is 6.42 Å². The predicted octanol–water partition coefficient (Wildman–Crippen LogP) is 1.43. The van der Waals surface area contributed by atoms with Gasteiger partial charge in [-0.2, -0.15) is 0 Å². The van der Waals surface area contributed by atoms with Crippen LogP contribution in [0.5, 0.6) is 0 Å². The minimum Gasteiger partial charge on any atom is -0.478 e. The second kappa shape index (κ2) is 4.37. The van der Waals surface area contributed by atoms with Crippen LogP contribution in [0.15, 0.2) is 12.2 Å². The van der Waals surface area contributed by atoms with Crippen LogP contribution >= 0.6 is 0 Å². The normalized spacial score (nSPS) is 11.8. The molecule has 0 radical (unpaired) electrons. The molecule has 0 amide bonds. The Bertz CT molecular complexity index is 110. The lowest BCUT2D eigenvalue weighted by Crippen LogP contribution is -1.84. The SMILES string of the molecule is [3H]CCCC=CC(=O)O. The predicted molar refractivity (Wildman–Crippen MR) is 31.7 cm³/mol. The molecule has 0 fully saturated rings. The fourth-order valence-electron chi connectivity index (χ4n) is 0.302. The van der Waals surface area contributed by atoms with Crippen molar-refractivity contribution in [2.24, 2.45) is 0 Å². The van der Waals surface area contributed by atoms with Crippen LogP contribution in [0, 0.1) is 0 Å². The molecule has 0 spiro atoms. The molecule has 0 unspecified atom stereocenters. The van der Waals surface area contributed by atoms with E-state index in [2.05, 4.69) is 0 Å². The van der Waals surface area contributed by atoms with Crippen molar-refractivity contribution in [1.82, 2.24) is 0 Å². The van der Waals surface area contributed by atoms with E-state index < -0.39 is 5.97 Å². The van der Waals surface area contributed by atoms with Gasteiger partial charge < -0.3 is 5.11 Å². The van der Waals surface area contributed by atoms with E-state index in [0.29, 0.717) is 13.3 Å². The topological polar surface area (TPSA) is 37.3 Å². The summed E-state index contributed by atoms with van der Waals surface area (Å²) in [6.45, 7) is 0.365. The highest BCUT2D eigenvalue weighted by Gasteiger charge is 1.81. The van der Waals surface area contributed by atoms with Crippen molar-refractivity contribution in [2.75, 3.05) is 0 Å². The van der Waals surface area contributed by atoms with E-state index in [1.54, 1.807) is 6.08 Å². The first-order valence-electron chi connectivity index (χ1n) is 3.17. The molecule has 0 rings (SSSR count). The summed E-state index contributed by atoms with van der Waals surface area (Å²) in [6.07, 6.45) is 4.10. The zero-order chi connectivity index (χ0) is 7.11. The van der Waals surface area contributed by atoms with Gasteiger partial charge in [0.1, 0.15) is 0 Å². The number of carboxylic acid groups (broad SMARTS) is 1. The Morgan fingerprint density at radius 3 is 3.25 bits per heavy atom. The van der Waals surface area contributed by atoms with Crippen LogP contribution < -0.4 is 0 Å². The molecule has 0 heterocycles. The van der Waals surface area contributed by atoms with E-state index >= 15 is 0 Å². The van der Waals surface area contributed by atoms with Crippen molar-refractivity contribution in [3.63, 3.8) is 0 Å². The molecule has 0 atom stereocenters. The van der Waals surface area contributed by atoms with Gasteiger partial charge in [0, 0.05) is 7.45 Å². The number of rotatable bonds is 3. The number of hydrogen-bond acceptors (Lipinski definition) is 1. The van der Waals surface area contributed by atoms with Crippen molar-refractivity contribution in [1.29, 1.82) is 0 Å². The van der Waals surface area contributed by atoms with Gasteiger partial charge >= 0.3 is 5.97 Å². The molecule has 0 aliphatic carbocycles. The monoisotopic (exact) mass is 116 g/mol. The third-order valence-corrected chi connectivity index (χ3v) is 0.631. The van der Waals surface area contributed by atoms with Gasteiger partial charge in [0.05, 0.1) is 0 Å². The largest absolute Gasteiger partial charge is 0.478 e. The average Bonchev–Trinajstić information content (AvgIpc) is 1.80. The molecule has 0 saturated heterocycles. The second-order valence-electron chi connectivity index (χ2n) is 1.38. The maximum Gasteiger partial charge on any atom is 0.327 e. The molecular weight excluding hydrogens is 104 g/mol. The van der Waals surface area contributed by atoms with Crippen molar-refractivity contribution in [2.45, 2.75) is 19.7 Å². The fraction of sp³-hybridized carbons (Fsp3) is 0.500. The zero-order valence-corrected chi connectivity index (χ0v) is 4.63. The van der Waals surface area contributed by atoms with Crippen LogP contribution in [-0.4, -0.2) is 11.1 Å². The third kappa shape index (κ3) is 5.21. The molecule has 0 aromatic carbocycles. The highest BCUT2D eigenvalue weighted by molar-refractivity contribution is 5.79. The summed E-state index contributed by atoms with van der Waals surface area (Å²) >= 11 is 0. The lowest BCUT2D eigenvalue weighted by atomic mass is 10.3. The molecule has 2 heteroatoms. The standard InChI is InChI=1S/C6H10O2/c1-2-3-4-5-6(7)8/h4-5H,2-3H2,1H3,(H,7,8)/i1T. The molecule has 0 aliphatic rings. The lowest BCUT2D eigenvalue weighted by molar-refractivity contribution is -0.131. The van der Waals surface area contributed by atoms with Crippen molar-refractivity contribution in [3.05, 3.63) is 12.2 Å². The Kier molecular flexibility index (Phi) is 2.92. The van der Waals surface area contributed by atoms with Gasteiger partial charge in [-0.3, -0.25) is 0 Å². The summed E-state index contributed by atoms with van der Waals surface area (Å²) in [5.41, 5.74) is 0. The maximum atomic E-state index is 9.83. The van der Waals surface area contributed by atoms with Gasteiger partial charge in [0.15, 0.2) is 0 Å². The summed E-state index contributed by atoms with van der Waals surface area (Å²) in [5, 5.41) is 8.08. The first-order valence-corrected chi connectivity index (χ1v) is 2.46. The average molecular weight is 116 g/mol. The van der Waals surface area contributed by atoms with Crippen LogP contribution in [0.1, 0.15) is 21.1 Å². The van der Waals surface area contributed by atoms with Crippen LogP contribution in [-0.2, 0) is 4.79 Å². The number of unbranched alkanes of at least 4 members (excludes halogenated alkanes) is 1. The molecule has 0 aromatic heterocycles. The molecule has 2 nitrogen and oxygen atoms in total. The summed E-state index contributed by atoms with van der Waals surface area (Å²) < 4.78 is 6.71. The highest BCUT2D eigenvalue weighted by Crippen LogP contribution is 1.86. The summed E-state index contributed by atoms with van der Waals surface area (Å²) in [5.74, 6) is -0.917. The van der Waals surface area contributed by atoms with E-state index in [-0.39, 0.29) is 0 Å². The van der Waals surface area contributed by atoms with Gasteiger partial charge in [-0.1, -0.05) is 19.4 Å². The number of hydrogen-bond donors (Lipinski definition) is 1. The fourth-order valence-corrected chi connectivity index (χ4v) is 0.302. The molecule has 8 heavy (non-hydrogen) atoms. The minimum absolute atomic E-state index is 0.365. The van der Waals surface area contributed by atoms with Crippen molar-refractivity contribution in [3.8, 4) is 0 Å². The van der Waals surface area contributed by atoms with E-state index in [1.807, 2.05) is 0 Å². The third-order valence-electron chi connectivity index (χ3n) is 0.631. The Balaban J connectivity index is 3.15. The second-order valence-corrected chi connectivity index (χ2v) is 1.38. The summed E-state index contributed by atoms with van der Waals surface area (Å²) in [6, 6.07) is 0. The molecule has 1 N–H and O–H groups in total. The van der Waals surface area contributed by atoms with Crippen LogP contribution in [0.3, 0.4) is 0 Å². The number of carbonyl (C=O) groups is 1. The Morgan fingerprint density at radius 2 is 2.75 bits per heavy atom. The first kappa shape index (κ1) is 5.35. The van der Waals surface area contributed by atoms with Crippen LogP contribution in [0.2, 0.25) is 0 Å². The van der Waals surface area contributed by atoms with Crippen molar-refractivity contribution < 1.29 is 11.3 Å². The number of carboxylic acids is 1. The van der Waals surface area contributed by atoms with E-state index in [0.717, 1.165) is 12.5 Å². The summed E-state index contributed by atoms with van der Waals surface area (Å²) in [7, 11) is 0. The lowest BCUT2D eigenvalue weighted by Gasteiger charge is -1.79. The number of allylic oxidation sites excluding steroid dienone is 1. The zero-order valence-electron chi connectivity index (χ0n) is 5.63. The quantitative estimate of drug-likeness (QED) is 0.447. The maximum absolute atomic E-state index is 9.83. The smallest absolute Gasteiger partial charge is 0.327 e. The minimum atomic E-state index is -0.917. The Hall–Kier alpha value is -0.790. The Labute approximate surface area is 50.2 Å². The van der Waals surface area contributed by atoms with E-state index in [9.17, 15) is 4.79 Å². The number of aliphatic carboxylic acids is 1. The van der Waals surface area contributed by atoms with Gasteiger partial charge in [0.25, 0.3) is 0 Å². The van der Waals surface area contributed by atoms with Gasteiger partial charge in [-0.25, -0.2) is 4.79 Å². The van der Waals surface area contributed by atoms with Crippen LogP contribution in [0.25, 0.3) is 0 Å². The molecule has 0 aromatic rings. The molecular formula is C6H10O2. The van der Waals surface area contributed by atoms with Crippen molar-refractivity contribution >= 4 is 5.97 Å². The summed E-state index contributed by atoms with van der Waals surface area (Å²) in [4.78, 5) is 9.83. The van der Waals surface area contributed by atoms with E-state index in [1.165, 1.54) is 0 Å². The van der Waals surface area contributed by atoms with Gasteiger partial charge in [-0.15, -0.1) is 0 Å².